The number of fused-ring (bicyclic) bond motifs is 2. The summed E-state index contributed by atoms with van der Waals surface area (Å²) in [5, 5.41) is 0. The van der Waals surface area contributed by atoms with E-state index in [4.69, 9.17) is 0 Å². The van der Waals surface area contributed by atoms with E-state index in [1.165, 1.54) is 18.9 Å². The SMILES string of the molecule is Fc1cccc([C@@H]2CN(Cc3ncc[nH]3)[C@@H]3C4CCN(CC4)[C@@H]32)c1F. The molecule has 4 aliphatic heterocycles. The molecule has 2 bridgehead atoms. The first-order chi connectivity index (χ1) is 12.2. The lowest BCUT2D eigenvalue weighted by atomic mass is 9.75. The van der Waals surface area contributed by atoms with Crippen molar-refractivity contribution in [1.29, 1.82) is 0 Å². The van der Waals surface area contributed by atoms with Gasteiger partial charge in [0.1, 0.15) is 5.82 Å². The minimum Gasteiger partial charge on any atom is -0.348 e. The lowest BCUT2D eigenvalue weighted by Crippen LogP contribution is -2.60. The molecular weight excluding hydrogens is 322 g/mol. The van der Waals surface area contributed by atoms with Gasteiger partial charge in [0.2, 0.25) is 0 Å². The molecule has 4 nitrogen and oxygen atoms in total. The molecule has 0 unspecified atom stereocenters. The van der Waals surface area contributed by atoms with Gasteiger partial charge >= 0.3 is 0 Å². The van der Waals surface area contributed by atoms with Gasteiger partial charge in [-0.05, 0) is 43.5 Å². The number of likely N-dealkylation sites (tertiary alicyclic amines) is 1. The third-order valence-electron chi connectivity index (χ3n) is 6.38. The molecule has 0 saturated carbocycles. The summed E-state index contributed by atoms with van der Waals surface area (Å²) in [5.74, 6) is 0.184. The first kappa shape index (κ1) is 15.5. The fraction of sp³-hybridized carbons (Fsp3) is 0.526. The first-order valence-electron chi connectivity index (χ1n) is 9.12. The zero-order valence-electron chi connectivity index (χ0n) is 14.0. The maximum absolute atomic E-state index is 14.5. The second-order valence-corrected chi connectivity index (χ2v) is 7.57. The standard InChI is InChI=1S/C19H22F2N4/c20-15-3-1-2-13(17(15)21)14-10-25(11-16-22-6-7-23-16)18-12-4-8-24(9-5-12)19(14)18/h1-3,6-7,12,14,18-19H,4-5,8-11H2,(H,22,23)/t14-,18+,19+/m0/s1. The van der Waals surface area contributed by atoms with Gasteiger partial charge in [-0.1, -0.05) is 12.1 Å². The second-order valence-electron chi connectivity index (χ2n) is 7.57. The Labute approximate surface area is 145 Å². The number of piperidine rings is 3. The maximum atomic E-state index is 14.5. The van der Waals surface area contributed by atoms with Crippen molar-refractivity contribution in [3.8, 4) is 0 Å². The summed E-state index contributed by atoms with van der Waals surface area (Å²) in [6.07, 6.45) is 6.01. The molecule has 4 aliphatic rings. The zero-order chi connectivity index (χ0) is 17.0. The highest BCUT2D eigenvalue weighted by Crippen LogP contribution is 2.47. The normalized spacial score (nSPS) is 34.4. The third kappa shape index (κ3) is 2.42. The van der Waals surface area contributed by atoms with Crippen LogP contribution in [0, 0.1) is 17.6 Å². The van der Waals surface area contributed by atoms with Crippen LogP contribution in [0.2, 0.25) is 0 Å². The smallest absolute Gasteiger partial charge is 0.162 e. The number of halogens is 2. The van der Waals surface area contributed by atoms with Gasteiger partial charge in [-0.2, -0.15) is 0 Å². The van der Waals surface area contributed by atoms with Crippen LogP contribution < -0.4 is 0 Å². The molecule has 0 spiro atoms. The van der Waals surface area contributed by atoms with E-state index >= 15 is 0 Å². The van der Waals surface area contributed by atoms with E-state index in [1.807, 2.05) is 6.20 Å². The number of hydrogen-bond donors (Lipinski definition) is 1. The van der Waals surface area contributed by atoms with Gasteiger partial charge in [-0.25, -0.2) is 13.8 Å². The van der Waals surface area contributed by atoms with Crippen LogP contribution in [0.4, 0.5) is 8.78 Å². The molecule has 6 rings (SSSR count). The summed E-state index contributed by atoms with van der Waals surface area (Å²) in [6, 6.07) is 5.28. The number of imidazole rings is 1. The van der Waals surface area contributed by atoms with Crippen LogP contribution in [-0.4, -0.2) is 51.5 Å². The average Bonchev–Trinajstić information content (AvgIpc) is 3.28. The van der Waals surface area contributed by atoms with E-state index in [0.29, 0.717) is 17.5 Å². The zero-order valence-corrected chi connectivity index (χ0v) is 14.0. The van der Waals surface area contributed by atoms with Gasteiger partial charge in [-0.3, -0.25) is 9.80 Å². The largest absolute Gasteiger partial charge is 0.348 e. The Morgan fingerprint density at radius 3 is 2.76 bits per heavy atom. The molecule has 0 aliphatic carbocycles. The number of hydrogen-bond acceptors (Lipinski definition) is 3. The van der Waals surface area contributed by atoms with Gasteiger partial charge in [0.15, 0.2) is 11.6 Å². The van der Waals surface area contributed by atoms with Crippen molar-refractivity contribution < 1.29 is 8.78 Å². The van der Waals surface area contributed by atoms with Crippen molar-refractivity contribution in [2.75, 3.05) is 19.6 Å². The van der Waals surface area contributed by atoms with Gasteiger partial charge < -0.3 is 4.98 Å². The summed E-state index contributed by atoms with van der Waals surface area (Å²) in [4.78, 5) is 12.5. The van der Waals surface area contributed by atoms with E-state index in [2.05, 4.69) is 19.8 Å². The molecule has 1 N–H and O–H groups in total. The minimum atomic E-state index is -0.741. The Hall–Kier alpha value is -1.79. The molecule has 1 aromatic carbocycles. The lowest BCUT2D eigenvalue weighted by molar-refractivity contribution is -0.00942. The lowest BCUT2D eigenvalue weighted by Gasteiger charge is -2.51. The number of H-pyrrole nitrogens is 1. The van der Waals surface area contributed by atoms with Crippen LogP contribution in [0.1, 0.15) is 30.1 Å². The second kappa shape index (κ2) is 5.88. The highest BCUT2D eigenvalue weighted by atomic mass is 19.2. The van der Waals surface area contributed by atoms with Crippen molar-refractivity contribution in [3.05, 3.63) is 53.6 Å². The molecular formula is C19H22F2N4. The predicted molar refractivity (Wildman–Crippen MR) is 90.0 cm³/mol. The quantitative estimate of drug-likeness (QED) is 0.930. The number of nitrogens with zero attached hydrogens (tertiary/aromatic N) is 3. The van der Waals surface area contributed by atoms with Crippen molar-refractivity contribution in [1.82, 2.24) is 19.8 Å². The minimum absolute atomic E-state index is 0.0127. The summed E-state index contributed by atoms with van der Waals surface area (Å²) >= 11 is 0. The van der Waals surface area contributed by atoms with E-state index in [0.717, 1.165) is 32.0 Å². The first-order valence-corrected chi connectivity index (χ1v) is 9.12. The number of rotatable bonds is 3. The van der Waals surface area contributed by atoms with Gasteiger partial charge in [0.05, 0.1) is 6.54 Å². The fourth-order valence-electron chi connectivity index (χ4n) is 5.38. The molecule has 3 atom stereocenters. The van der Waals surface area contributed by atoms with Crippen LogP contribution in [0.25, 0.3) is 0 Å². The van der Waals surface area contributed by atoms with Crippen molar-refractivity contribution in [3.63, 3.8) is 0 Å². The molecule has 2 aromatic rings. The van der Waals surface area contributed by atoms with Crippen molar-refractivity contribution in [2.45, 2.75) is 37.4 Å². The number of aromatic nitrogens is 2. The van der Waals surface area contributed by atoms with Crippen LogP contribution in [0.5, 0.6) is 0 Å². The molecule has 4 saturated heterocycles. The Kier molecular flexibility index (Phi) is 3.64. The predicted octanol–water partition coefficient (Wildman–Crippen LogP) is 2.75. The summed E-state index contributed by atoms with van der Waals surface area (Å²) < 4.78 is 28.4. The molecule has 1 aromatic heterocycles. The van der Waals surface area contributed by atoms with Crippen LogP contribution in [0.15, 0.2) is 30.6 Å². The van der Waals surface area contributed by atoms with Crippen molar-refractivity contribution >= 4 is 0 Å². The molecule has 6 heteroatoms. The number of aromatic amines is 1. The highest BCUT2D eigenvalue weighted by Gasteiger charge is 2.53. The Bertz CT molecular complexity index is 755. The summed E-state index contributed by atoms with van der Waals surface area (Å²) in [7, 11) is 0. The molecule has 0 amide bonds. The summed E-state index contributed by atoms with van der Waals surface area (Å²) in [5.41, 5.74) is 0.532. The molecule has 5 heterocycles. The summed E-state index contributed by atoms with van der Waals surface area (Å²) in [6.45, 7) is 3.65. The van der Waals surface area contributed by atoms with Crippen LogP contribution in [0.3, 0.4) is 0 Å². The van der Waals surface area contributed by atoms with Crippen molar-refractivity contribution in [2.24, 2.45) is 5.92 Å². The Morgan fingerprint density at radius 1 is 1.16 bits per heavy atom. The van der Waals surface area contributed by atoms with E-state index < -0.39 is 11.6 Å². The topological polar surface area (TPSA) is 35.2 Å². The molecule has 25 heavy (non-hydrogen) atoms. The average molecular weight is 344 g/mol. The Morgan fingerprint density at radius 2 is 2.00 bits per heavy atom. The Balaban J connectivity index is 1.52. The van der Waals surface area contributed by atoms with Gasteiger partial charge in [0, 0.05) is 36.9 Å². The fourth-order valence-corrected chi connectivity index (χ4v) is 5.38. The van der Waals surface area contributed by atoms with E-state index in [1.54, 1.807) is 18.3 Å². The van der Waals surface area contributed by atoms with E-state index in [-0.39, 0.29) is 12.0 Å². The van der Waals surface area contributed by atoms with Crippen LogP contribution >= 0.6 is 0 Å². The monoisotopic (exact) mass is 344 g/mol. The van der Waals surface area contributed by atoms with E-state index in [9.17, 15) is 8.78 Å². The molecule has 4 fully saturated rings. The maximum Gasteiger partial charge on any atom is 0.162 e. The highest BCUT2D eigenvalue weighted by molar-refractivity contribution is 5.29. The molecule has 132 valence electrons. The number of benzene rings is 1. The third-order valence-corrected chi connectivity index (χ3v) is 6.38. The number of nitrogens with one attached hydrogen (secondary N) is 1. The van der Waals surface area contributed by atoms with Gasteiger partial charge in [0.25, 0.3) is 0 Å². The van der Waals surface area contributed by atoms with Gasteiger partial charge in [-0.15, -0.1) is 0 Å². The van der Waals surface area contributed by atoms with Crippen LogP contribution in [-0.2, 0) is 6.54 Å². The molecule has 0 radical (unpaired) electrons.